The Kier molecular flexibility index (Phi) is 2.67. The summed E-state index contributed by atoms with van der Waals surface area (Å²) in [4.78, 5) is 0. The molecule has 0 aliphatic heterocycles. The van der Waals surface area contributed by atoms with E-state index in [9.17, 15) is 0 Å². The lowest BCUT2D eigenvalue weighted by Crippen LogP contribution is -2.11. The molecule has 0 bridgehead atoms. The largest absolute Gasteiger partial charge is 0.0767 e. The van der Waals surface area contributed by atoms with Gasteiger partial charge < -0.3 is 0 Å². The molecule has 4 rings (SSSR count). The van der Waals surface area contributed by atoms with Crippen molar-refractivity contribution >= 4 is 11.6 Å². The molecule has 1 aromatic rings. The summed E-state index contributed by atoms with van der Waals surface area (Å²) in [5, 5.41) is 0. The van der Waals surface area contributed by atoms with Crippen LogP contribution in [-0.2, 0) is 0 Å². The van der Waals surface area contributed by atoms with Gasteiger partial charge in [0.15, 0.2) is 0 Å². The van der Waals surface area contributed by atoms with Crippen LogP contribution in [0.2, 0.25) is 0 Å². The predicted molar refractivity (Wildman–Crippen MR) is 85.9 cm³/mol. The quantitative estimate of drug-likeness (QED) is 0.666. The second kappa shape index (κ2) is 4.64. The summed E-state index contributed by atoms with van der Waals surface area (Å²) in [6, 6.07) is 8.56. The number of hydrogen-bond donors (Lipinski definition) is 0. The number of allylic oxidation sites excluding steroid dienone is 11. The van der Waals surface area contributed by atoms with Crippen molar-refractivity contribution in [2.45, 2.75) is 0 Å². The minimum atomic E-state index is 0.512. The maximum atomic E-state index is 2.37. The molecule has 0 N–H and O–H groups in total. The lowest BCUT2D eigenvalue weighted by molar-refractivity contribution is 0.657. The minimum Gasteiger partial charge on any atom is -0.0767 e. The maximum absolute atomic E-state index is 2.37. The van der Waals surface area contributed by atoms with E-state index in [0.717, 1.165) is 0 Å². The van der Waals surface area contributed by atoms with E-state index in [-0.39, 0.29) is 0 Å². The average molecular weight is 256 g/mol. The molecule has 3 aliphatic carbocycles. The highest BCUT2D eigenvalue weighted by atomic mass is 14.2. The average Bonchev–Trinajstić information content (AvgIpc) is 2.91. The van der Waals surface area contributed by atoms with Crippen molar-refractivity contribution < 1.29 is 0 Å². The van der Waals surface area contributed by atoms with Crippen LogP contribution in [0.3, 0.4) is 0 Å². The van der Waals surface area contributed by atoms with Gasteiger partial charge in [0, 0.05) is 11.8 Å². The standard InChI is InChI=1S/C20H16/c1-2-7-18-13-15(9-10-16(18)5-1)14-19-12-11-17-6-3-4-8-20(17)19/h1-14,16,18H/b19-14+. The highest BCUT2D eigenvalue weighted by molar-refractivity contribution is 5.91. The van der Waals surface area contributed by atoms with Crippen LogP contribution in [0.15, 0.2) is 84.5 Å². The molecule has 1 aromatic carbocycles. The Labute approximate surface area is 119 Å². The summed E-state index contributed by atoms with van der Waals surface area (Å²) in [7, 11) is 0. The van der Waals surface area contributed by atoms with Gasteiger partial charge in [-0.1, -0.05) is 78.9 Å². The highest BCUT2D eigenvalue weighted by Crippen LogP contribution is 2.33. The third-order valence-electron chi connectivity index (χ3n) is 4.15. The Bertz CT molecular complexity index is 720. The van der Waals surface area contributed by atoms with Crippen LogP contribution in [0.25, 0.3) is 11.6 Å². The first-order chi connectivity index (χ1) is 9.90. The van der Waals surface area contributed by atoms with Gasteiger partial charge in [0.1, 0.15) is 0 Å². The van der Waals surface area contributed by atoms with E-state index in [1.807, 2.05) is 0 Å². The van der Waals surface area contributed by atoms with Gasteiger partial charge in [-0.25, -0.2) is 0 Å². The van der Waals surface area contributed by atoms with Crippen molar-refractivity contribution in [3.05, 3.63) is 95.6 Å². The molecule has 3 aliphatic rings. The molecule has 2 unspecified atom stereocenters. The molecule has 2 atom stereocenters. The second-order valence-electron chi connectivity index (χ2n) is 5.47. The maximum Gasteiger partial charge on any atom is 0.00564 e. The van der Waals surface area contributed by atoms with Crippen molar-refractivity contribution in [2.75, 3.05) is 0 Å². The molecule has 96 valence electrons. The Morgan fingerprint density at radius 3 is 2.60 bits per heavy atom. The van der Waals surface area contributed by atoms with Crippen molar-refractivity contribution in [2.24, 2.45) is 11.8 Å². The van der Waals surface area contributed by atoms with Gasteiger partial charge in [-0.15, -0.1) is 0 Å². The molecule has 0 saturated heterocycles. The molecule has 0 radical (unpaired) electrons. The van der Waals surface area contributed by atoms with Gasteiger partial charge in [-0.2, -0.15) is 0 Å². The molecule has 0 nitrogen and oxygen atoms in total. The van der Waals surface area contributed by atoms with Gasteiger partial charge in [-0.3, -0.25) is 0 Å². The van der Waals surface area contributed by atoms with E-state index in [1.54, 1.807) is 0 Å². The molecular weight excluding hydrogens is 240 g/mol. The van der Waals surface area contributed by atoms with Crippen LogP contribution < -0.4 is 0 Å². The third kappa shape index (κ3) is 1.94. The van der Waals surface area contributed by atoms with Gasteiger partial charge in [0.2, 0.25) is 0 Å². The van der Waals surface area contributed by atoms with Crippen LogP contribution in [0.1, 0.15) is 11.1 Å². The second-order valence-corrected chi connectivity index (χ2v) is 5.47. The van der Waals surface area contributed by atoms with Crippen LogP contribution in [0, 0.1) is 11.8 Å². The summed E-state index contributed by atoms with van der Waals surface area (Å²) < 4.78 is 0. The summed E-state index contributed by atoms with van der Waals surface area (Å²) in [6.45, 7) is 0. The predicted octanol–water partition coefficient (Wildman–Crippen LogP) is 4.95. The fraction of sp³-hybridized carbons (Fsp3) is 0.100. The molecule has 0 heterocycles. The zero-order valence-corrected chi connectivity index (χ0v) is 11.2. The molecule has 0 saturated carbocycles. The van der Waals surface area contributed by atoms with E-state index in [1.165, 1.54) is 22.3 Å². The van der Waals surface area contributed by atoms with Crippen molar-refractivity contribution in [3.63, 3.8) is 0 Å². The van der Waals surface area contributed by atoms with Crippen molar-refractivity contribution in [3.8, 4) is 0 Å². The van der Waals surface area contributed by atoms with Gasteiger partial charge >= 0.3 is 0 Å². The fourth-order valence-corrected chi connectivity index (χ4v) is 3.08. The Balaban J connectivity index is 1.68. The Morgan fingerprint density at radius 2 is 1.65 bits per heavy atom. The minimum absolute atomic E-state index is 0.512. The van der Waals surface area contributed by atoms with Crippen LogP contribution in [0.5, 0.6) is 0 Å². The van der Waals surface area contributed by atoms with E-state index in [0.29, 0.717) is 11.8 Å². The number of benzene rings is 1. The van der Waals surface area contributed by atoms with E-state index < -0.39 is 0 Å². The lowest BCUT2D eigenvalue weighted by atomic mass is 9.82. The number of rotatable bonds is 1. The van der Waals surface area contributed by atoms with Crippen LogP contribution >= 0.6 is 0 Å². The number of hydrogen-bond acceptors (Lipinski definition) is 0. The first kappa shape index (κ1) is 11.5. The summed E-state index contributed by atoms with van der Waals surface area (Å²) in [5.74, 6) is 1.05. The van der Waals surface area contributed by atoms with Gasteiger partial charge in [0.25, 0.3) is 0 Å². The van der Waals surface area contributed by atoms with E-state index >= 15 is 0 Å². The van der Waals surface area contributed by atoms with Crippen molar-refractivity contribution in [1.82, 2.24) is 0 Å². The molecule has 0 fully saturated rings. The summed E-state index contributed by atoms with van der Waals surface area (Å²) >= 11 is 0. The zero-order valence-electron chi connectivity index (χ0n) is 11.2. The summed E-state index contributed by atoms with van der Waals surface area (Å²) in [5.41, 5.74) is 5.27. The molecule has 0 heteroatoms. The fourth-order valence-electron chi connectivity index (χ4n) is 3.08. The molecular formula is C20H16. The van der Waals surface area contributed by atoms with E-state index in [4.69, 9.17) is 0 Å². The van der Waals surface area contributed by atoms with Crippen LogP contribution in [0.4, 0.5) is 0 Å². The monoisotopic (exact) mass is 256 g/mol. The highest BCUT2D eigenvalue weighted by Gasteiger charge is 2.17. The molecule has 20 heavy (non-hydrogen) atoms. The first-order valence-electron chi connectivity index (χ1n) is 7.14. The lowest BCUT2D eigenvalue weighted by Gasteiger charge is -2.22. The Hall–Kier alpha value is -2.34. The molecule has 0 aromatic heterocycles. The topological polar surface area (TPSA) is 0 Å². The molecule has 0 amide bonds. The van der Waals surface area contributed by atoms with Crippen LogP contribution in [-0.4, -0.2) is 0 Å². The third-order valence-corrected chi connectivity index (χ3v) is 4.15. The summed E-state index contributed by atoms with van der Waals surface area (Å²) in [6.07, 6.45) is 22.5. The zero-order chi connectivity index (χ0) is 13.4. The van der Waals surface area contributed by atoms with Gasteiger partial charge in [-0.05, 0) is 28.3 Å². The first-order valence-corrected chi connectivity index (χ1v) is 7.14. The SMILES string of the molecule is C1=CC2C=CC(/C=C3\C=Cc4ccccc43)=CC2C=C1. The van der Waals surface area contributed by atoms with Crippen molar-refractivity contribution in [1.29, 1.82) is 0 Å². The normalized spacial score (nSPS) is 27.6. The Morgan fingerprint density at radius 1 is 0.800 bits per heavy atom. The number of fused-ring (bicyclic) bond motifs is 2. The van der Waals surface area contributed by atoms with E-state index in [2.05, 4.69) is 85.0 Å². The molecule has 0 spiro atoms. The van der Waals surface area contributed by atoms with Gasteiger partial charge in [0.05, 0.1) is 0 Å². The smallest absolute Gasteiger partial charge is 0.00564 e.